The fourth-order valence-corrected chi connectivity index (χ4v) is 4.91. The SMILES string of the molecule is CC(=O)OC[C@H]1O[C@@H](O[C@@H]2[C@@H](OCc3ccccc3)[C@H](C)O[C@@H](O)[C@@H]2OC(C)=O)[C@H](OC(C)=O)[C@@H](OC(C)=O)[C@@H]1OC(C)=O. The van der Waals surface area contributed by atoms with E-state index in [1.807, 2.05) is 30.3 Å². The molecule has 1 aromatic rings. The Morgan fingerprint density at radius 3 is 1.80 bits per heavy atom. The van der Waals surface area contributed by atoms with Crippen LogP contribution in [0.2, 0.25) is 0 Å². The van der Waals surface area contributed by atoms with Gasteiger partial charge in [0.15, 0.2) is 37.0 Å². The average Bonchev–Trinajstić information content (AvgIpc) is 2.92. The minimum absolute atomic E-state index is 0.0700. The van der Waals surface area contributed by atoms with Gasteiger partial charge in [-0.15, -0.1) is 0 Å². The molecule has 0 spiro atoms. The van der Waals surface area contributed by atoms with Gasteiger partial charge in [0, 0.05) is 34.6 Å². The van der Waals surface area contributed by atoms with Crippen LogP contribution in [0.3, 0.4) is 0 Å². The van der Waals surface area contributed by atoms with E-state index in [9.17, 15) is 29.1 Å². The Labute approximate surface area is 253 Å². The lowest BCUT2D eigenvalue weighted by molar-refractivity contribution is -0.358. The van der Waals surface area contributed by atoms with Crippen molar-refractivity contribution in [1.82, 2.24) is 0 Å². The quantitative estimate of drug-likeness (QED) is 0.267. The van der Waals surface area contributed by atoms with Crippen LogP contribution < -0.4 is 0 Å². The zero-order valence-electron chi connectivity index (χ0n) is 25.2. The van der Waals surface area contributed by atoms with Gasteiger partial charge in [0.1, 0.15) is 24.9 Å². The molecule has 2 aliphatic rings. The number of aliphatic hydroxyl groups is 1. The molecule has 1 N–H and O–H groups in total. The molecule has 0 bridgehead atoms. The van der Waals surface area contributed by atoms with Crippen LogP contribution in [0.25, 0.3) is 0 Å². The van der Waals surface area contributed by atoms with E-state index in [4.69, 9.17) is 42.6 Å². The van der Waals surface area contributed by atoms with Crippen LogP contribution in [-0.4, -0.2) is 103 Å². The Hall–Kier alpha value is -3.63. The molecule has 3 rings (SSSR count). The lowest BCUT2D eigenvalue weighted by Gasteiger charge is -2.48. The molecular formula is C29H38O15. The van der Waals surface area contributed by atoms with Crippen molar-refractivity contribution in [2.45, 2.75) is 110 Å². The molecule has 0 aliphatic carbocycles. The van der Waals surface area contributed by atoms with E-state index in [1.54, 1.807) is 6.92 Å². The summed E-state index contributed by atoms with van der Waals surface area (Å²) in [6, 6.07) is 9.11. The Morgan fingerprint density at radius 2 is 1.23 bits per heavy atom. The molecular weight excluding hydrogens is 588 g/mol. The minimum Gasteiger partial charge on any atom is -0.463 e. The molecule has 10 atom stereocenters. The number of carbonyl (C=O) groups excluding carboxylic acids is 5. The van der Waals surface area contributed by atoms with Crippen LogP contribution in [0.5, 0.6) is 0 Å². The molecule has 15 heteroatoms. The molecule has 0 radical (unpaired) electrons. The number of esters is 5. The van der Waals surface area contributed by atoms with Crippen LogP contribution in [-0.2, 0) is 73.2 Å². The molecule has 15 nitrogen and oxygen atoms in total. The van der Waals surface area contributed by atoms with Gasteiger partial charge in [-0.05, 0) is 12.5 Å². The van der Waals surface area contributed by atoms with E-state index in [1.165, 1.54) is 0 Å². The standard InChI is InChI=1S/C29H38O15/c1-14-22(37-12-20-10-8-7-9-11-20)24(26(28(35)38-14)41-18(5)33)44-29-27(42-19(6)34)25(40-17(4)32)23(39-16(3)31)21(43-29)13-36-15(2)30/h7-11,14,21-29,35H,12-13H2,1-6H3/t14-,21+,22-,23+,24+,25-,26+,27+,28+,29-/m0/s1. The molecule has 244 valence electrons. The Kier molecular flexibility index (Phi) is 12.6. The summed E-state index contributed by atoms with van der Waals surface area (Å²) in [5.41, 5.74) is 0.793. The third-order valence-corrected chi connectivity index (χ3v) is 6.57. The number of hydrogen-bond donors (Lipinski definition) is 1. The van der Waals surface area contributed by atoms with Gasteiger partial charge in [0.05, 0.1) is 12.7 Å². The molecule has 2 aliphatic heterocycles. The highest BCUT2D eigenvalue weighted by molar-refractivity contribution is 5.69. The van der Waals surface area contributed by atoms with Crippen LogP contribution >= 0.6 is 0 Å². The normalized spacial score (nSPS) is 31.7. The topological polar surface area (TPSA) is 189 Å². The number of ether oxygens (including phenoxy) is 9. The zero-order chi connectivity index (χ0) is 32.6. The Balaban J connectivity index is 2.05. The van der Waals surface area contributed by atoms with Crippen LogP contribution in [0.1, 0.15) is 47.1 Å². The fourth-order valence-electron chi connectivity index (χ4n) is 4.91. The molecule has 2 heterocycles. The third kappa shape index (κ3) is 9.69. The molecule has 0 unspecified atom stereocenters. The average molecular weight is 627 g/mol. The predicted molar refractivity (Wildman–Crippen MR) is 144 cm³/mol. The second-order valence-electron chi connectivity index (χ2n) is 10.2. The highest BCUT2D eigenvalue weighted by atomic mass is 16.8. The van der Waals surface area contributed by atoms with Crippen LogP contribution in [0.15, 0.2) is 30.3 Å². The first-order valence-electron chi connectivity index (χ1n) is 13.9. The van der Waals surface area contributed by atoms with E-state index >= 15 is 0 Å². The second-order valence-corrected chi connectivity index (χ2v) is 10.2. The summed E-state index contributed by atoms with van der Waals surface area (Å²) in [4.78, 5) is 60.2. The van der Waals surface area contributed by atoms with Crippen LogP contribution in [0, 0.1) is 0 Å². The van der Waals surface area contributed by atoms with Gasteiger partial charge in [0.2, 0.25) is 0 Å². The lowest BCUT2D eigenvalue weighted by Crippen LogP contribution is -2.66. The summed E-state index contributed by atoms with van der Waals surface area (Å²) < 4.78 is 50.9. The molecule has 1 aromatic carbocycles. The maximum Gasteiger partial charge on any atom is 0.303 e. The maximum atomic E-state index is 12.2. The first kappa shape index (κ1) is 34.9. The molecule has 0 saturated carbocycles. The van der Waals surface area contributed by atoms with Crippen molar-refractivity contribution in [2.75, 3.05) is 6.61 Å². The van der Waals surface area contributed by atoms with Crippen molar-refractivity contribution in [3.05, 3.63) is 35.9 Å². The summed E-state index contributed by atoms with van der Waals surface area (Å²) in [6.45, 7) is 6.73. The van der Waals surface area contributed by atoms with E-state index in [0.717, 1.165) is 40.2 Å². The smallest absolute Gasteiger partial charge is 0.303 e. The maximum absolute atomic E-state index is 12.2. The summed E-state index contributed by atoms with van der Waals surface area (Å²) >= 11 is 0. The van der Waals surface area contributed by atoms with E-state index in [0.29, 0.717) is 0 Å². The highest BCUT2D eigenvalue weighted by Crippen LogP contribution is 2.35. The van der Waals surface area contributed by atoms with Gasteiger partial charge in [-0.3, -0.25) is 24.0 Å². The van der Waals surface area contributed by atoms with Crippen molar-refractivity contribution in [1.29, 1.82) is 0 Å². The van der Waals surface area contributed by atoms with Crippen molar-refractivity contribution in [3.8, 4) is 0 Å². The zero-order valence-corrected chi connectivity index (χ0v) is 25.2. The largest absolute Gasteiger partial charge is 0.463 e. The summed E-state index contributed by atoms with van der Waals surface area (Å²) in [7, 11) is 0. The summed E-state index contributed by atoms with van der Waals surface area (Å²) in [5.74, 6) is -3.92. The number of benzene rings is 1. The van der Waals surface area contributed by atoms with Gasteiger partial charge in [-0.1, -0.05) is 30.3 Å². The summed E-state index contributed by atoms with van der Waals surface area (Å²) in [5, 5.41) is 10.8. The van der Waals surface area contributed by atoms with Gasteiger partial charge in [0.25, 0.3) is 0 Å². The number of aliphatic hydroxyl groups excluding tert-OH is 1. The molecule has 0 aromatic heterocycles. The first-order chi connectivity index (χ1) is 20.8. The molecule has 44 heavy (non-hydrogen) atoms. The second kappa shape index (κ2) is 15.9. The number of hydrogen-bond acceptors (Lipinski definition) is 15. The van der Waals surface area contributed by atoms with E-state index in [2.05, 4.69) is 0 Å². The van der Waals surface area contributed by atoms with Crippen molar-refractivity contribution >= 4 is 29.8 Å². The van der Waals surface area contributed by atoms with E-state index in [-0.39, 0.29) is 6.61 Å². The van der Waals surface area contributed by atoms with Crippen molar-refractivity contribution < 1.29 is 71.7 Å². The van der Waals surface area contributed by atoms with Crippen molar-refractivity contribution in [3.63, 3.8) is 0 Å². The Morgan fingerprint density at radius 1 is 0.682 bits per heavy atom. The van der Waals surface area contributed by atoms with E-state index < -0.39 is 97.9 Å². The monoisotopic (exact) mass is 626 g/mol. The van der Waals surface area contributed by atoms with Gasteiger partial charge in [-0.2, -0.15) is 0 Å². The first-order valence-corrected chi connectivity index (χ1v) is 13.9. The summed E-state index contributed by atoms with van der Waals surface area (Å²) in [6.07, 6.45) is -13.7. The fraction of sp³-hybridized carbons (Fsp3) is 0.621. The molecule has 0 amide bonds. The predicted octanol–water partition coefficient (Wildman–Crippen LogP) is 0.709. The van der Waals surface area contributed by atoms with Gasteiger partial charge in [-0.25, -0.2) is 0 Å². The highest BCUT2D eigenvalue weighted by Gasteiger charge is 2.56. The van der Waals surface area contributed by atoms with Crippen molar-refractivity contribution in [2.24, 2.45) is 0 Å². The number of rotatable bonds is 11. The molecule has 2 fully saturated rings. The van der Waals surface area contributed by atoms with Gasteiger partial charge < -0.3 is 47.7 Å². The Bertz CT molecular complexity index is 1160. The lowest BCUT2D eigenvalue weighted by atomic mass is 9.96. The third-order valence-electron chi connectivity index (χ3n) is 6.57. The molecule has 2 saturated heterocycles. The minimum atomic E-state index is -1.67. The van der Waals surface area contributed by atoms with Crippen LogP contribution in [0.4, 0.5) is 0 Å². The van der Waals surface area contributed by atoms with Gasteiger partial charge >= 0.3 is 29.8 Å². The number of carbonyl (C=O) groups is 5.